The van der Waals surface area contributed by atoms with Crippen LogP contribution in [0, 0.1) is 0 Å². The van der Waals surface area contributed by atoms with Gasteiger partial charge in [-0.3, -0.25) is 0 Å². The van der Waals surface area contributed by atoms with Crippen LogP contribution in [0.15, 0.2) is 0 Å². The van der Waals surface area contributed by atoms with E-state index >= 15 is 0 Å². The first-order valence-corrected chi connectivity index (χ1v) is 5.92. The van der Waals surface area contributed by atoms with Gasteiger partial charge in [-0.05, 0) is 27.3 Å². The number of rotatable bonds is 6. The number of nitrogens with one attached hydrogen (secondary N) is 1. The summed E-state index contributed by atoms with van der Waals surface area (Å²) >= 11 is 1.86. The maximum atomic E-state index is 9.32. The molecule has 2 N–H and O–H groups in total. The Labute approximate surface area is 86.5 Å². The van der Waals surface area contributed by atoms with Gasteiger partial charge in [-0.1, -0.05) is 13.8 Å². The van der Waals surface area contributed by atoms with Crippen molar-refractivity contribution in [3.05, 3.63) is 0 Å². The molecule has 3 heteroatoms. The highest BCUT2D eigenvalue weighted by Gasteiger charge is 2.15. The van der Waals surface area contributed by atoms with Crippen molar-refractivity contribution in [2.24, 2.45) is 0 Å². The molecule has 0 radical (unpaired) electrons. The van der Waals surface area contributed by atoms with E-state index < -0.39 is 0 Å². The van der Waals surface area contributed by atoms with Gasteiger partial charge in [-0.15, -0.1) is 0 Å². The van der Waals surface area contributed by atoms with Crippen LogP contribution in [0.5, 0.6) is 0 Å². The second-order valence-electron chi connectivity index (χ2n) is 3.82. The lowest BCUT2D eigenvalue weighted by atomic mass is 10.2. The first kappa shape index (κ1) is 13.3. The van der Waals surface area contributed by atoms with Gasteiger partial charge in [0.25, 0.3) is 0 Å². The van der Waals surface area contributed by atoms with Gasteiger partial charge in [0.05, 0.1) is 6.10 Å². The fourth-order valence-electron chi connectivity index (χ4n) is 1.15. The Bertz CT molecular complexity index is 130. The van der Waals surface area contributed by atoms with Gasteiger partial charge in [0.2, 0.25) is 0 Å². The Hall–Kier alpha value is 0.270. The van der Waals surface area contributed by atoms with Crippen LogP contribution in [0.2, 0.25) is 0 Å². The summed E-state index contributed by atoms with van der Waals surface area (Å²) in [5, 5.41) is 13.5. The second-order valence-corrected chi connectivity index (χ2v) is 5.64. The van der Waals surface area contributed by atoms with E-state index in [1.807, 2.05) is 25.7 Å². The van der Waals surface area contributed by atoms with E-state index in [1.165, 1.54) is 0 Å². The minimum Gasteiger partial charge on any atom is -0.392 e. The van der Waals surface area contributed by atoms with Crippen molar-refractivity contribution in [2.75, 3.05) is 7.05 Å². The fraction of sp³-hybridized carbons (Fsp3) is 1.00. The molecule has 4 atom stereocenters. The van der Waals surface area contributed by atoms with Gasteiger partial charge < -0.3 is 10.4 Å². The van der Waals surface area contributed by atoms with E-state index in [2.05, 4.69) is 26.1 Å². The normalized spacial score (nSPS) is 20.8. The molecule has 0 aliphatic heterocycles. The van der Waals surface area contributed by atoms with Gasteiger partial charge in [0.1, 0.15) is 0 Å². The Kier molecular flexibility index (Phi) is 6.82. The zero-order valence-electron chi connectivity index (χ0n) is 9.37. The maximum Gasteiger partial charge on any atom is 0.0628 e. The lowest BCUT2D eigenvalue weighted by Crippen LogP contribution is -2.26. The molecule has 0 fully saturated rings. The van der Waals surface area contributed by atoms with Crippen molar-refractivity contribution in [1.29, 1.82) is 0 Å². The van der Waals surface area contributed by atoms with Crippen LogP contribution in [0.3, 0.4) is 0 Å². The number of aliphatic hydroxyl groups excluding tert-OH is 1. The Morgan fingerprint density at radius 1 is 1.23 bits per heavy atom. The number of thioether (sulfide) groups is 1. The monoisotopic (exact) mass is 205 g/mol. The largest absolute Gasteiger partial charge is 0.392 e. The van der Waals surface area contributed by atoms with E-state index in [-0.39, 0.29) is 6.10 Å². The molecule has 0 aromatic carbocycles. The van der Waals surface area contributed by atoms with Crippen LogP contribution in [-0.2, 0) is 0 Å². The smallest absolute Gasteiger partial charge is 0.0628 e. The lowest BCUT2D eigenvalue weighted by Gasteiger charge is -2.21. The van der Waals surface area contributed by atoms with Crippen molar-refractivity contribution in [3.63, 3.8) is 0 Å². The molecule has 0 bridgehead atoms. The summed E-state index contributed by atoms with van der Waals surface area (Å²) in [5.41, 5.74) is 0. The van der Waals surface area contributed by atoms with Crippen LogP contribution < -0.4 is 5.32 Å². The highest BCUT2D eigenvalue weighted by Crippen LogP contribution is 2.23. The Morgan fingerprint density at radius 3 is 2.15 bits per heavy atom. The van der Waals surface area contributed by atoms with Crippen molar-refractivity contribution >= 4 is 11.8 Å². The minimum atomic E-state index is -0.211. The lowest BCUT2D eigenvalue weighted by molar-refractivity contribution is 0.196. The molecule has 0 aliphatic carbocycles. The molecular weight excluding hydrogens is 182 g/mol. The molecule has 4 unspecified atom stereocenters. The summed E-state index contributed by atoms with van der Waals surface area (Å²) in [6.45, 7) is 8.34. The summed E-state index contributed by atoms with van der Waals surface area (Å²) in [6, 6.07) is 0.559. The van der Waals surface area contributed by atoms with Gasteiger partial charge in [-0.2, -0.15) is 11.8 Å². The predicted octanol–water partition coefficient (Wildman–Crippen LogP) is 1.88. The van der Waals surface area contributed by atoms with Gasteiger partial charge in [0, 0.05) is 16.5 Å². The molecule has 0 spiro atoms. The zero-order valence-corrected chi connectivity index (χ0v) is 10.2. The van der Waals surface area contributed by atoms with Crippen LogP contribution >= 0.6 is 11.8 Å². The summed E-state index contributed by atoms with van der Waals surface area (Å²) in [7, 11) is 1.99. The second kappa shape index (κ2) is 6.68. The SMILES string of the molecule is CNC(C)CC(C)SC(C)C(C)O. The molecule has 0 rings (SSSR count). The van der Waals surface area contributed by atoms with E-state index in [4.69, 9.17) is 0 Å². The quantitative estimate of drug-likeness (QED) is 0.694. The van der Waals surface area contributed by atoms with Crippen LogP contribution in [0.1, 0.15) is 34.1 Å². The third-order valence-electron chi connectivity index (χ3n) is 2.30. The van der Waals surface area contributed by atoms with Crippen molar-refractivity contribution < 1.29 is 5.11 Å². The summed E-state index contributed by atoms with van der Waals surface area (Å²) in [5.74, 6) is 0. The molecule has 0 aliphatic rings. The molecule has 0 aromatic rings. The van der Waals surface area contributed by atoms with Crippen molar-refractivity contribution in [1.82, 2.24) is 5.32 Å². The molecule has 0 heterocycles. The third-order valence-corrected chi connectivity index (χ3v) is 3.78. The summed E-state index contributed by atoms with van der Waals surface area (Å²) < 4.78 is 0. The van der Waals surface area contributed by atoms with Crippen LogP contribution in [0.4, 0.5) is 0 Å². The Morgan fingerprint density at radius 2 is 1.77 bits per heavy atom. The maximum absolute atomic E-state index is 9.32. The molecule has 80 valence electrons. The first-order chi connectivity index (χ1) is 5.97. The molecule has 0 saturated heterocycles. The average molecular weight is 205 g/mol. The van der Waals surface area contributed by atoms with E-state index in [0.717, 1.165) is 6.42 Å². The van der Waals surface area contributed by atoms with Gasteiger partial charge in [0.15, 0.2) is 0 Å². The topological polar surface area (TPSA) is 32.3 Å². The number of hydrogen-bond acceptors (Lipinski definition) is 3. The highest BCUT2D eigenvalue weighted by molar-refractivity contribution is 8.00. The molecular formula is C10H23NOS. The van der Waals surface area contributed by atoms with Crippen LogP contribution in [0.25, 0.3) is 0 Å². The fourth-order valence-corrected chi connectivity index (χ4v) is 2.51. The molecule has 0 amide bonds. The highest BCUT2D eigenvalue weighted by atomic mass is 32.2. The van der Waals surface area contributed by atoms with E-state index in [1.54, 1.807) is 0 Å². The standard InChI is InChI=1S/C10H23NOS/c1-7(11-5)6-8(2)13-10(4)9(3)12/h7-12H,6H2,1-5H3. The molecule has 0 saturated carbocycles. The third kappa shape index (κ3) is 6.36. The van der Waals surface area contributed by atoms with Crippen molar-refractivity contribution in [2.45, 2.75) is 56.8 Å². The molecule has 0 aromatic heterocycles. The van der Waals surface area contributed by atoms with Crippen LogP contribution in [-0.4, -0.2) is 34.8 Å². The average Bonchev–Trinajstić information content (AvgIpc) is 2.03. The number of hydrogen-bond donors (Lipinski definition) is 2. The molecule has 2 nitrogen and oxygen atoms in total. The first-order valence-electron chi connectivity index (χ1n) is 4.98. The van der Waals surface area contributed by atoms with Gasteiger partial charge in [-0.25, -0.2) is 0 Å². The summed E-state index contributed by atoms with van der Waals surface area (Å²) in [6.07, 6.45) is 0.940. The summed E-state index contributed by atoms with van der Waals surface area (Å²) in [4.78, 5) is 0. The minimum absolute atomic E-state index is 0.211. The van der Waals surface area contributed by atoms with E-state index in [9.17, 15) is 5.11 Å². The van der Waals surface area contributed by atoms with Crippen molar-refractivity contribution in [3.8, 4) is 0 Å². The Balaban J connectivity index is 3.67. The van der Waals surface area contributed by atoms with E-state index in [0.29, 0.717) is 16.5 Å². The number of aliphatic hydroxyl groups is 1. The van der Waals surface area contributed by atoms with Gasteiger partial charge >= 0.3 is 0 Å². The molecule has 13 heavy (non-hydrogen) atoms. The predicted molar refractivity (Wildman–Crippen MR) is 61.3 cm³/mol. The zero-order chi connectivity index (χ0) is 10.4.